The van der Waals surface area contributed by atoms with Gasteiger partial charge in [0.15, 0.2) is 0 Å². The maximum atomic E-state index is 13.5. The smallest absolute Gasteiger partial charge is 0.258 e. The fourth-order valence-electron chi connectivity index (χ4n) is 1.47. The van der Waals surface area contributed by atoms with Crippen LogP contribution in [0.1, 0.15) is 10.4 Å². The van der Waals surface area contributed by atoms with Crippen LogP contribution in [0.25, 0.3) is 0 Å². The number of hydrogen-bond acceptors (Lipinski definition) is 2. The average molecular weight is 284 g/mol. The third kappa shape index (κ3) is 3.00. The van der Waals surface area contributed by atoms with Crippen molar-refractivity contribution < 1.29 is 18.7 Å². The van der Waals surface area contributed by atoms with Crippen LogP contribution in [0.5, 0.6) is 5.75 Å². The van der Waals surface area contributed by atoms with Crippen molar-refractivity contribution in [2.45, 2.75) is 0 Å². The number of phenolic OH excluding ortho intramolecular Hbond substituents is 1. The summed E-state index contributed by atoms with van der Waals surface area (Å²) in [5, 5.41) is 11.4. The minimum absolute atomic E-state index is 0.155. The molecule has 0 spiro atoms. The van der Waals surface area contributed by atoms with Crippen LogP contribution in [-0.2, 0) is 0 Å². The van der Waals surface area contributed by atoms with E-state index in [2.05, 4.69) is 5.32 Å². The summed E-state index contributed by atoms with van der Waals surface area (Å²) in [4.78, 5) is 11.8. The lowest BCUT2D eigenvalue weighted by Gasteiger charge is -2.07. The first kappa shape index (κ1) is 13.3. The Kier molecular flexibility index (Phi) is 3.66. The number of rotatable bonds is 2. The van der Waals surface area contributed by atoms with Crippen LogP contribution in [0.4, 0.5) is 14.5 Å². The zero-order valence-corrected chi connectivity index (χ0v) is 10.2. The van der Waals surface area contributed by atoms with Gasteiger partial charge in [-0.25, -0.2) is 8.78 Å². The monoisotopic (exact) mass is 283 g/mol. The molecule has 0 aliphatic carbocycles. The Balaban J connectivity index is 2.25. The van der Waals surface area contributed by atoms with Crippen molar-refractivity contribution in [3.8, 4) is 5.75 Å². The zero-order chi connectivity index (χ0) is 14.0. The molecule has 2 rings (SSSR count). The lowest BCUT2D eigenvalue weighted by molar-refractivity contribution is 0.102. The largest absolute Gasteiger partial charge is 0.508 e. The second-order valence-electron chi connectivity index (χ2n) is 3.74. The highest BCUT2D eigenvalue weighted by Crippen LogP contribution is 2.21. The highest BCUT2D eigenvalue weighted by molar-refractivity contribution is 6.30. The molecule has 6 heteroatoms. The number of amides is 1. The molecule has 0 saturated carbocycles. The van der Waals surface area contributed by atoms with Crippen LogP contribution in [0, 0.1) is 11.6 Å². The fraction of sp³-hybridized carbons (Fsp3) is 0. The SMILES string of the molecule is O=C(Nc1ccc(O)cc1F)c1ccc(Cl)cc1F. The Morgan fingerprint density at radius 3 is 2.47 bits per heavy atom. The number of carbonyl (C=O) groups is 1. The highest BCUT2D eigenvalue weighted by atomic mass is 35.5. The van der Waals surface area contributed by atoms with Gasteiger partial charge in [-0.2, -0.15) is 0 Å². The van der Waals surface area contributed by atoms with E-state index < -0.39 is 17.5 Å². The molecule has 0 bridgehead atoms. The molecule has 2 N–H and O–H groups in total. The molecule has 0 aliphatic rings. The van der Waals surface area contributed by atoms with E-state index >= 15 is 0 Å². The Morgan fingerprint density at radius 1 is 1.11 bits per heavy atom. The molecule has 1 amide bonds. The van der Waals surface area contributed by atoms with Crippen molar-refractivity contribution in [3.63, 3.8) is 0 Å². The van der Waals surface area contributed by atoms with Gasteiger partial charge in [-0.05, 0) is 30.3 Å². The van der Waals surface area contributed by atoms with Crippen LogP contribution in [-0.4, -0.2) is 11.0 Å². The highest BCUT2D eigenvalue weighted by Gasteiger charge is 2.14. The van der Waals surface area contributed by atoms with Gasteiger partial charge in [-0.1, -0.05) is 11.6 Å². The molecule has 2 aromatic carbocycles. The minimum atomic E-state index is -0.817. The molecule has 0 aliphatic heterocycles. The molecular formula is C13H8ClF2NO2. The summed E-state index contributed by atoms with van der Waals surface area (Å²) in [6, 6.07) is 6.77. The lowest BCUT2D eigenvalue weighted by Crippen LogP contribution is -2.14. The van der Waals surface area contributed by atoms with Crippen LogP contribution >= 0.6 is 11.6 Å². The maximum Gasteiger partial charge on any atom is 0.258 e. The van der Waals surface area contributed by atoms with Gasteiger partial charge in [0.1, 0.15) is 17.4 Å². The first-order valence-electron chi connectivity index (χ1n) is 5.22. The van der Waals surface area contributed by atoms with Gasteiger partial charge >= 0.3 is 0 Å². The van der Waals surface area contributed by atoms with Crippen LogP contribution in [0.2, 0.25) is 5.02 Å². The van der Waals surface area contributed by atoms with Crippen molar-refractivity contribution in [3.05, 3.63) is 58.6 Å². The Morgan fingerprint density at radius 2 is 1.84 bits per heavy atom. The topological polar surface area (TPSA) is 49.3 Å². The van der Waals surface area contributed by atoms with Gasteiger partial charge in [0.2, 0.25) is 0 Å². The molecule has 3 nitrogen and oxygen atoms in total. The summed E-state index contributed by atoms with van der Waals surface area (Å²) in [5.41, 5.74) is -0.408. The van der Waals surface area contributed by atoms with Gasteiger partial charge in [0, 0.05) is 11.1 Å². The summed E-state index contributed by atoms with van der Waals surface area (Å²) in [5.74, 6) is -2.70. The second kappa shape index (κ2) is 5.24. The Hall–Kier alpha value is -2.14. The molecule has 0 radical (unpaired) electrons. The molecule has 2 aromatic rings. The van der Waals surface area contributed by atoms with E-state index in [1.165, 1.54) is 24.3 Å². The van der Waals surface area contributed by atoms with Crippen LogP contribution in [0.15, 0.2) is 36.4 Å². The molecule has 19 heavy (non-hydrogen) atoms. The summed E-state index contributed by atoms with van der Waals surface area (Å²) in [6.07, 6.45) is 0. The Labute approximate surface area is 112 Å². The normalized spacial score (nSPS) is 10.3. The fourth-order valence-corrected chi connectivity index (χ4v) is 1.63. The van der Waals surface area contributed by atoms with E-state index in [1.807, 2.05) is 0 Å². The summed E-state index contributed by atoms with van der Waals surface area (Å²) < 4.78 is 26.9. The van der Waals surface area contributed by atoms with E-state index in [9.17, 15) is 13.6 Å². The van der Waals surface area contributed by atoms with Gasteiger partial charge in [-0.15, -0.1) is 0 Å². The van der Waals surface area contributed by atoms with Crippen molar-refractivity contribution in [1.29, 1.82) is 0 Å². The number of halogens is 3. The van der Waals surface area contributed by atoms with Gasteiger partial charge < -0.3 is 10.4 Å². The molecule has 0 saturated heterocycles. The average Bonchev–Trinajstić information content (AvgIpc) is 2.32. The third-order valence-corrected chi connectivity index (χ3v) is 2.61. The van der Waals surface area contributed by atoms with Crippen LogP contribution in [0.3, 0.4) is 0 Å². The first-order chi connectivity index (χ1) is 8.97. The zero-order valence-electron chi connectivity index (χ0n) is 9.45. The number of anilines is 1. The number of aromatic hydroxyl groups is 1. The van der Waals surface area contributed by atoms with E-state index in [-0.39, 0.29) is 22.0 Å². The standard InChI is InChI=1S/C13H8ClF2NO2/c14-7-1-3-9(10(15)5-7)13(19)17-12-4-2-8(18)6-11(12)16/h1-6,18H,(H,17,19). The number of hydrogen-bond donors (Lipinski definition) is 2. The predicted octanol–water partition coefficient (Wildman–Crippen LogP) is 3.58. The van der Waals surface area contributed by atoms with Crippen LogP contribution < -0.4 is 5.32 Å². The van der Waals surface area contributed by atoms with Gasteiger partial charge in [0.05, 0.1) is 11.3 Å². The summed E-state index contributed by atoms with van der Waals surface area (Å²) >= 11 is 5.56. The summed E-state index contributed by atoms with van der Waals surface area (Å²) in [7, 11) is 0. The van der Waals surface area contributed by atoms with Crippen molar-refractivity contribution in [1.82, 2.24) is 0 Å². The minimum Gasteiger partial charge on any atom is -0.508 e. The molecule has 0 aromatic heterocycles. The van der Waals surface area contributed by atoms with E-state index in [0.29, 0.717) is 0 Å². The lowest BCUT2D eigenvalue weighted by atomic mass is 10.2. The number of carbonyl (C=O) groups excluding carboxylic acids is 1. The van der Waals surface area contributed by atoms with Crippen molar-refractivity contribution >= 4 is 23.2 Å². The molecule has 0 unspecified atom stereocenters. The molecular weight excluding hydrogens is 276 g/mol. The number of nitrogens with one attached hydrogen (secondary N) is 1. The van der Waals surface area contributed by atoms with E-state index in [0.717, 1.165) is 12.1 Å². The van der Waals surface area contributed by atoms with Crippen molar-refractivity contribution in [2.24, 2.45) is 0 Å². The number of benzene rings is 2. The predicted molar refractivity (Wildman–Crippen MR) is 67.4 cm³/mol. The molecule has 0 fully saturated rings. The molecule has 0 atom stereocenters. The summed E-state index contributed by atoms with van der Waals surface area (Å²) in [6.45, 7) is 0. The number of phenols is 1. The van der Waals surface area contributed by atoms with Crippen molar-refractivity contribution in [2.75, 3.05) is 5.32 Å². The first-order valence-corrected chi connectivity index (χ1v) is 5.60. The second-order valence-corrected chi connectivity index (χ2v) is 4.18. The van der Waals surface area contributed by atoms with E-state index in [1.54, 1.807) is 0 Å². The maximum absolute atomic E-state index is 13.5. The molecule has 98 valence electrons. The third-order valence-electron chi connectivity index (χ3n) is 2.38. The van der Waals surface area contributed by atoms with Gasteiger partial charge in [0.25, 0.3) is 5.91 Å². The van der Waals surface area contributed by atoms with Gasteiger partial charge in [-0.3, -0.25) is 4.79 Å². The quantitative estimate of drug-likeness (QED) is 0.828. The Bertz CT molecular complexity index is 647. The molecule has 0 heterocycles. The van der Waals surface area contributed by atoms with E-state index in [4.69, 9.17) is 16.7 Å².